The van der Waals surface area contributed by atoms with Crippen LogP contribution in [0, 0.1) is 0 Å². The molecule has 1 fully saturated rings. The minimum Gasteiger partial charge on any atom is -0.497 e. The molecule has 1 saturated heterocycles. The number of rotatable bonds is 6. The van der Waals surface area contributed by atoms with E-state index in [1.165, 1.54) is 14.2 Å². The van der Waals surface area contributed by atoms with Gasteiger partial charge in [0.15, 0.2) is 0 Å². The van der Waals surface area contributed by atoms with E-state index in [2.05, 4.69) is 4.90 Å². The molecule has 0 aliphatic carbocycles. The van der Waals surface area contributed by atoms with Gasteiger partial charge in [-0.3, -0.25) is 9.46 Å². The van der Waals surface area contributed by atoms with Crippen molar-refractivity contribution in [3.05, 3.63) is 29.8 Å². The third-order valence-corrected chi connectivity index (χ3v) is 5.93. The maximum atomic E-state index is 12.9. The van der Waals surface area contributed by atoms with Crippen molar-refractivity contribution in [2.75, 3.05) is 34.4 Å². The zero-order valence-electron chi connectivity index (χ0n) is 12.2. The molecular formula is C14H22NO4P. The van der Waals surface area contributed by atoms with E-state index in [1.807, 2.05) is 24.3 Å². The highest BCUT2D eigenvalue weighted by Gasteiger charge is 2.41. The van der Waals surface area contributed by atoms with E-state index in [9.17, 15) is 4.57 Å². The summed E-state index contributed by atoms with van der Waals surface area (Å²) in [6.45, 7) is 1.80. The summed E-state index contributed by atoms with van der Waals surface area (Å²) in [5.74, 6) is 0.362. The predicted octanol–water partition coefficient (Wildman–Crippen LogP) is 3.28. The first-order chi connectivity index (χ1) is 9.64. The van der Waals surface area contributed by atoms with E-state index < -0.39 is 7.60 Å². The van der Waals surface area contributed by atoms with Crippen molar-refractivity contribution < 1.29 is 18.3 Å². The van der Waals surface area contributed by atoms with Crippen molar-refractivity contribution in [3.8, 4) is 5.75 Å². The van der Waals surface area contributed by atoms with Gasteiger partial charge in [0.1, 0.15) is 11.5 Å². The smallest absolute Gasteiger partial charge is 0.351 e. The molecule has 1 aliphatic heterocycles. The second-order valence-electron chi connectivity index (χ2n) is 4.80. The standard InChI is InChI=1S/C14H22NO4P/c1-17-13-8-6-7-12(11-13)14(15-9-4-5-10-15)20(16,18-2)19-3/h6-8,11,14H,4-5,9-10H2,1-3H3. The van der Waals surface area contributed by atoms with E-state index in [4.69, 9.17) is 13.8 Å². The lowest BCUT2D eigenvalue weighted by Crippen LogP contribution is -2.26. The number of likely N-dealkylation sites (tertiary alicyclic amines) is 1. The van der Waals surface area contributed by atoms with Gasteiger partial charge < -0.3 is 13.8 Å². The lowest BCUT2D eigenvalue weighted by Gasteiger charge is -2.32. The number of hydrogen-bond acceptors (Lipinski definition) is 5. The van der Waals surface area contributed by atoms with E-state index in [1.54, 1.807) is 7.11 Å². The second-order valence-corrected chi connectivity index (χ2v) is 7.10. The Hall–Kier alpha value is -0.870. The zero-order chi connectivity index (χ0) is 14.6. The van der Waals surface area contributed by atoms with Crippen LogP contribution in [0.1, 0.15) is 24.2 Å². The molecule has 0 N–H and O–H groups in total. The Kier molecular flexibility index (Phi) is 5.22. The Labute approximate surface area is 120 Å². The molecular weight excluding hydrogens is 277 g/mol. The summed E-state index contributed by atoms with van der Waals surface area (Å²) in [5, 5.41) is 0. The van der Waals surface area contributed by atoms with Gasteiger partial charge in [-0.15, -0.1) is 0 Å². The number of methoxy groups -OCH3 is 1. The van der Waals surface area contributed by atoms with Crippen LogP contribution in [-0.2, 0) is 13.6 Å². The Balaban J connectivity index is 2.42. The highest BCUT2D eigenvalue weighted by atomic mass is 31.2. The molecule has 0 radical (unpaired) electrons. The van der Waals surface area contributed by atoms with Crippen LogP contribution in [0.3, 0.4) is 0 Å². The minimum absolute atomic E-state index is 0.380. The van der Waals surface area contributed by atoms with E-state index >= 15 is 0 Å². The van der Waals surface area contributed by atoms with Gasteiger partial charge in [0.25, 0.3) is 0 Å². The summed E-state index contributed by atoms with van der Waals surface area (Å²) >= 11 is 0. The molecule has 1 aromatic carbocycles. The second kappa shape index (κ2) is 6.72. The molecule has 0 amide bonds. The van der Waals surface area contributed by atoms with Gasteiger partial charge in [0.2, 0.25) is 0 Å². The van der Waals surface area contributed by atoms with Crippen LogP contribution in [0.4, 0.5) is 0 Å². The van der Waals surface area contributed by atoms with Gasteiger partial charge in [-0.25, -0.2) is 0 Å². The van der Waals surface area contributed by atoms with E-state index in [0.717, 1.165) is 37.2 Å². The fraction of sp³-hybridized carbons (Fsp3) is 0.571. The Morgan fingerprint density at radius 3 is 2.35 bits per heavy atom. The molecule has 6 heteroatoms. The van der Waals surface area contributed by atoms with Gasteiger partial charge in [0, 0.05) is 14.2 Å². The van der Waals surface area contributed by atoms with Crippen LogP contribution in [0.5, 0.6) is 5.75 Å². The van der Waals surface area contributed by atoms with Crippen molar-refractivity contribution in [3.63, 3.8) is 0 Å². The maximum Gasteiger partial charge on any atom is 0.351 e. The average Bonchev–Trinajstić information content (AvgIpc) is 3.01. The predicted molar refractivity (Wildman–Crippen MR) is 78.2 cm³/mol. The van der Waals surface area contributed by atoms with E-state index in [-0.39, 0.29) is 5.78 Å². The topological polar surface area (TPSA) is 48.0 Å². The number of benzene rings is 1. The Morgan fingerprint density at radius 2 is 1.80 bits per heavy atom. The molecule has 5 nitrogen and oxygen atoms in total. The van der Waals surface area contributed by atoms with Gasteiger partial charge >= 0.3 is 7.60 Å². The van der Waals surface area contributed by atoms with Crippen molar-refractivity contribution in [2.24, 2.45) is 0 Å². The van der Waals surface area contributed by atoms with Crippen LogP contribution in [-0.4, -0.2) is 39.3 Å². The Bertz CT molecular complexity index is 480. The quantitative estimate of drug-likeness (QED) is 0.754. The van der Waals surface area contributed by atoms with Crippen molar-refractivity contribution >= 4 is 7.60 Å². The largest absolute Gasteiger partial charge is 0.497 e. The molecule has 20 heavy (non-hydrogen) atoms. The molecule has 0 aromatic heterocycles. The number of hydrogen-bond donors (Lipinski definition) is 0. The van der Waals surface area contributed by atoms with Crippen LogP contribution in [0.25, 0.3) is 0 Å². The van der Waals surface area contributed by atoms with Crippen molar-refractivity contribution in [1.29, 1.82) is 0 Å². The fourth-order valence-electron chi connectivity index (χ4n) is 2.66. The van der Waals surface area contributed by atoms with Crippen molar-refractivity contribution in [2.45, 2.75) is 18.6 Å². The molecule has 1 unspecified atom stereocenters. The number of ether oxygens (including phenoxy) is 1. The zero-order valence-corrected chi connectivity index (χ0v) is 13.1. The van der Waals surface area contributed by atoms with Crippen molar-refractivity contribution in [1.82, 2.24) is 4.90 Å². The average molecular weight is 299 g/mol. The summed E-state index contributed by atoms with van der Waals surface area (Å²) in [7, 11) is 1.27. The first-order valence-corrected chi connectivity index (χ1v) is 8.35. The molecule has 1 heterocycles. The SMILES string of the molecule is COc1cccc(C(N2CCCC2)P(=O)(OC)OC)c1. The molecule has 1 atom stereocenters. The lowest BCUT2D eigenvalue weighted by atomic mass is 10.2. The monoisotopic (exact) mass is 299 g/mol. The van der Waals surface area contributed by atoms with Crippen LogP contribution in [0.2, 0.25) is 0 Å². The van der Waals surface area contributed by atoms with Crippen LogP contribution in [0.15, 0.2) is 24.3 Å². The van der Waals surface area contributed by atoms with Gasteiger partial charge in [-0.1, -0.05) is 12.1 Å². The van der Waals surface area contributed by atoms with Gasteiger partial charge in [0.05, 0.1) is 7.11 Å². The third-order valence-electron chi connectivity index (χ3n) is 3.69. The van der Waals surface area contributed by atoms with E-state index in [0.29, 0.717) is 0 Å². The normalized spacial score (nSPS) is 18.1. The molecule has 2 rings (SSSR count). The summed E-state index contributed by atoms with van der Waals surface area (Å²) in [6, 6.07) is 7.60. The lowest BCUT2D eigenvalue weighted by molar-refractivity contribution is 0.211. The fourth-order valence-corrected chi connectivity index (χ4v) is 4.36. The number of nitrogens with zero attached hydrogens (tertiary/aromatic N) is 1. The minimum atomic E-state index is -3.22. The highest BCUT2D eigenvalue weighted by Crippen LogP contribution is 2.61. The molecule has 0 saturated carbocycles. The molecule has 112 valence electrons. The first kappa shape index (κ1) is 15.5. The molecule has 1 aromatic rings. The summed E-state index contributed by atoms with van der Waals surface area (Å²) in [6.07, 6.45) is 2.21. The third kappa shape index (κ3) is 3.07. The molecule has 0 spiro atoms. The molecule has 1 aliphatic rings. The highest BCUT2D eigenvalue weighted by molar-refractivity contribution is 7.54. The first-order valence-electron chi connectivity index (χ1n) is 6.74. The van der Waals surface area contributed by atoms with Gasteiger partial charge in [-0.2, -0.15) is 0 Å². The summed E-state index contributed by atoms with van der Waals surface area (Å²) < 4.78 is 28.6. The summed E-state index contributed by atoms with van der Waals surface area (Å²) in [4.78, 5) is 2.17. The molecule has 0 bridgehead atoms. The summed E-state index contributed by atoms with van der Waals surface area (Å²) in [5.41, 5.74) is 0.901. The van der Waals surface area contributed by atoms with Gasteiger partial charge in [-0.05, 0) is 43.6 Å². The maximum absolute atomic E-state index is 12.9. The Morgan fingerprint density at radius 1 is 1.15 bits per heavy atom. The van der Waals surface area contributed by atoms with Crippen LogP contribution >= 0.6 is 7.60 Å². The van der Waals surface area contributed by atoms with Crippen LogP contribution < -0.4 is 4.74 Å².